The van der Waals surface area contributed by atoms with Gasteiger partial charge in [-0.05, 0) is 42.7 Å². The maximum Gasteiger partial charge on any atom is 0.243 e. The van der Waals surface area contributed by atoms with Crippen LogP contribution in [0.1, 0.15) is 29.5 Å². The molecule has 1 aliphatic heterocycles. The summed E-state index contributed by atoms with van der Waals surface area (Å²) in [6, 6.07) is 25.8. The summed E-state index contributed by atoms with van der Waals surface area (Å²) < 4.78 is 30.0. The zero-order chi connectivity index (χ0) is 24.4. The van der Waals surface area contributed by atoms with Crippen molar-refractivity contribution in [3.05, 3.63) is 95.5 Å². The van der Waals surface area contributed by atoms with Gasteiger partial charge in [0.25, 0.3) is 0 Å². The molecule has 180 valence electrons. The Hall–Kier alpha value is -3.07. The SMILES string of the molecule is CN(Cc1nc2ccccc2s1)C(=O)[C@@H]1CC[C@H](c2ccccc2)N(S(=O)(=O)c2ccccc2)C1. The number of hydrogen-bond acceptors (Lipinski definition) is 5. The molecule has 6 nitrogen and oxygen atoms in total. The molecule has 35 heavy (non-hydrogen) atoms. The molecule has 1 saturated heterocycles. The fourth-order valence-corrected chi connectivity index (χ4v) is 7.45. The molecule has 1 fully saturated rings. The van der Waals surface area contributed by atoms with Crippen molar-refractivity contribution in [3.63, 3.8) is 0 Å². The molecular formula is C27H27N3O3S2. The summed E-state index contributed by atoms with van der Waals surface area (Å²) in [6.07, 6.45) is 1.21. The van der Waals surface area contributed by atoms with Crippen LogP contribution >= 0.6 is 11.3 Å². The van der Waals surface area contributed by atoms with Crippen LogP contribution in [0.15, 0.2) is 89.8 Å². The summed E-state index contributed by atoms with van der Waals surface area (Å²) in [5.41, 5.74) is 1.87. The van der Waals surface area contributed by atoms with Gasteiger partial charge in [-0.25, -0.2) is 13.4 Å². The Labute approximate surface area is 209 Å². The third-order valence-electron chi connectivity index (χ3n) is 6.51. The molecule has 8 heteroatoms. The van der Waals surface area contributed by atoms with Crippen LogP contribution in [0.5, 0.6) is 0 Å². The van der Waals surface area contributed by atoms with Crippen LogP contribution in [0, 0.1) is 5.92 Å². The Balaban J connectivity index is 1.39. The number of carbonyl (C=O) groups is 1. The molecule has 0 bridgehead atoms. The molecule has 0 saturated carbocycles. The Bertz CT molecular complexity index is 1390. The second-order valence-electron chi connectivity index (χ2n) is 8.86. The van der Waals surface area contributed by atoms with E-state index in [1.807, 2.05) is 54.6 Å². The van der Waals surface area contributed by atoms with Gasteiger partial charge in [0.15, 0.2) is 0 Å². The van der Waals surface area contributed by atoms with E-state index < -0.39 is 15.9 Å². The van der Waals surface area contributed by atoms with Gasteiger partial charge < -0.3 is 4.90 Å². The number of hydrogen-bond donors (Lipinski definition) is 0. The van der Waals surface area contributed by atoms with Crippen molar-refractivity contribution in [1.29, 1.82) is 0 Å². The Kier molecular flexibility index (Phi) is 6.69. The third kappa shape index (κ3) is 4.87. The van der Waals surface area contributed by atoms with E-state index >= 15 is 0 Å². The van der Waals surface area contributed by atoms with E-state index in [1.165, 1.54) is 4.31 Å². The van der Waals surface area contributed by atoms with E-state index in [0.717, 1.165) is 20.8 Å². The normalized spacial score (nSPS) is 19.0. The summed E-state index contributed by atoms with van der Waals surface area (Å²) in [6.45, 7) is 0.558. The molecular weight excluding hydrogens is 478 g/mol. The molecule has 0 aliphatic carbocycles. The molecule has 1 aliphatic rings. The van der Waals surface area contributed by atoms with E-state index in [9.17, 15) is 13.2 Å². The van der Waals surface area contributed by atoms with Crippen molar-refractivity contribution in [2.45, 2.75) is 30.3 Å². The topological polar surface area (TPSA) is 70.6 Å². The number of carbonyl (C=O) groups excluding carboxylic acids is 1. The molecule has 2 heterocycles. The highest BCUT2D eigenvalue weighted by atomic mass is 32.2. The van der Waals surface area contributed by atoms with Crippen LogP contribution in [0.25, 0.3) is 10.2 Å². The predicted molar refractivity (Wildman–Crippen MR) is 138 cm³/mol. The number of piperidine rings is 1. The minimum Gasteiger partial charge on any atom is -0.339 e. The van der Waals surface area contributed by atoms with Crippen LogP contribution in [-0.4, -0.2) is 42.1 Å². The molecule has 3 aromatic carbocycles. The predicted octanol–water partition coefficient (Wildman–Crippen LogP) is 5.10. The first-order chi connectivity index (χ1) is 16.9. The van der Waals surface area contributed by atoms with E-state index in [0.29, 0.717) is 19.4 Å². The molecule has 1 aromatic heterocycles. The monoisotopic (exact) mass is 505 g/mol. The zero-order valence-corrected chi connectivity index (χ0v) is 21.1. The molecule has 5 rings (SSSR count). The molecule has 2 atom stereocenters. The van der Waals surface area contributed by atoms with Crippen molar-refractivity contribution in [1.82, 2.24) is 14.2 Å². The average Bonchev–Trinajstić information content (AvgIpc) is 3.31. The van der Waals surface area contributed by atoms with Gasteiger partial charge >= 0.3 is 0 Å². The van der Waals surface area contributed by atoms with Gasteiger partial charge in [-0.15, -0.1) is 11.3 Å². The van der Waals surface area contributed by atoms with Crippen molar-refractivity contribution >= 4 is 37.5 Å². The Morgan fingerprint density at radius 3 is 2.34 bits per heavy atom. The molecule has 1 amide bonds. The van der Waals surface area contributed by atoms with Crippen LogP contribution in [0.3, 0.4) is 0 Å². The largest absolute Gasteiger partial charge is 0.339 e. The smallest absolute Gasteiger partial charge is 0.243 e. The summed E-state index contributed by atoms with van der Waals surface area (Å²) in [5.74, 6) is -0.461. The summed E-state index contributed by atoms with van der Waals surface area (Å²) in [4.78, 5) is 20.0. The van der Waals surface area contributed by atoms with E-state index in [2.05, 4.69) is 4.98 Å². The number of aromatic nitrogens is 1. The highest BCUT2D eigenvalue weighted by molar-refractivity contribution is 7.89. The van der Waals surface area contributed by atoms with Gasteiger partial charge in [-0.1, -0.05) is 60.7 Å². The lowest BCUT2D eigenvalue weighted by Crippen LogP contribution is -2.47. The van der Waals surface area contributed by atoms with Crippen molar-refractivity contribution < 1.29 is 13.2 Å². The quantitative estimate of drug-likeness (QED) is 0.366. The second kappa shape index (κ2) is 9.89. The van der Waals surface area contributed by atoms with Gasteiger partial charge in [-0.2, -0.15) is 4.31 Å². The molecule has 0 N–H and O–H groups in total. The van der Waals surface area contributed by atoms with Crippen LogP contribution < -0.4 is 0 Å². The summed E-state index contributed by atoms with van der Waals surface area (Å²) in [7, 11) is -2.00. The van der Waals surface area contributed by atoms with Crippen molar-refractivity contribution in [3.8, 4) is 0 Å². The van der Waals surface area contributed by atoms with E-state index in [4.69, 9.17) is 0 Å². The molecule has 0 unspecified atom stereocenters. The Morgan fingerprint density at radius 1 is 0.971 bits per heavy atom. The number of benzene rings is 3. The maximum absolute atomic E-state index is 13.7. The van der Waals surface area contributed by atoms with Crippen LogP contribution in [-0.2, 0) is 21.4 Å². The fraction of sp³-hybridized carbons (Fsp3) is 0.259. The van der Waals surface area contributed by atoms with Crippen molar-refractivity contribution in [2.24, 2.45) is 5.92 Å². The first kappa shape index (κ1) is 23.7. The lowest BCUT2D eigenvalue weighted by Gasteiger charge is -2.39. The van der Waals surface area contributed by atoms with Gasteiger partial charge in [0.05, 0.1) is 33.6 Å². The van der Waals surface area contributed by atoms with E-state index in [-0.39, 0.29) is 23.4 Å². The number of amides is 1. The Morgan fingerprint density at radius 2 is 1.63 bits per heavy atom. The zero-order valence-electron chi connectivity index (χ0n) is 19.4. The fourth-order valence-electron chi connectivity index (χ4n) is 4.72. The van der Waals surface area contributed by atoms with E-state index in [1.54, 1.807) is 53.6 Å². The molecule has 0 spiro atoms. The third-order valence-corrected chi connectivity index (χ3v) is 9.42. The van der Waals surface area contributed by atoms with Crippen LogP contribution in [0.4, 0.5) is 0 Å². The number of nitrogens with zero attached hydrogens (tertiary/aromatic N) is 3. The number of thiazole rings is 1. The van der Waals surface area contributed by atoms with Crippen molar-refractivity contribution in [2.75, 3.05) is 13.6 Å². The highest BCUT2D eigenvalue weighted by Crippen LogP contribution is 2.38. The van der Waals surface area contributed by atoms with Gasteiger partial charge in [0.2, 0.25) is 15.9 Å². The second-order valence-corrected chi connectivity index (χ2v) is 11.9. The van der Waals surface area contributed by atoms with Gasteiger partial charge in [0, 0.05) is 13.6 Å². The number of fused-ring (bicyclic) bond motifs is 1. The van der Waals surface area contributed by atoms with Crippen LogP contribution in [0.2, 0.25) is 0 Å². The number of sulfonamides is 1. The molecule has 0 radical (unpaired) electrons. The first-order valence-electron chi connectivity index (χ1n) is 11.6. The maximum atomic E-state index is 13.7. The highest BCUT2D eigenvalue weighted by Gasteiger charge is 2.40. The lowest BCUT2D eigenvalue weighted by atomic mass is 9.90. The van der Waals surface area contributed by atoms with Gasteiger partial charge in [-0.3, -0.25) is 4.79 Å². The summed E-state index contributed by atoms with van der Waals surface area (Å²) in [5, 5.41) is 0.869. The minimum atomic E-state index is -3.78. The van der Waals surface area contributed by atoms with Gasteiger partial charge in [0.1, 0.15) is 5.01 Å². The first-order valence-corrected chi connectivity index (χ1v) is 13.9. The standard InChI is InChI=1S/C27H27N3O3S2/c1-29(19-26-28-23-14-8-9-15-25(23)34-26)27(31)21-16-17-24(20-10-4-2-5-11-20)30(18-21)35(32,33)22-12-6-3-7-13-22/h2-15,21,24H,16-19H2,1H3/t21-,24-/m1/s1. The minimum absolute atomic E-state index is 0.0518. The summed E-state index contributed by atoms with van der Waals surface area (Å²) >= 11 is 1.58. The number of rotatable bonds is 6. The molecule has 4 aromatic rings. The lowest BCUT2D eigenvalue weighted by molar-refractivity contribution is -0.136. The average molecular weight is 506 g/mol. The number of para-hydroxylation sites is 1.